The van der Waals surface area contributed by atoms with Gasteiger partial charge in [-0.15, -0.1) is 0 Å². The fourth-order valence-electron chi connectivity index (χ4n) is 2.68. The quantitative estimate of drug-likeness (QED) is 0.646. The van der Waals surface area contributed by atoms with E-state index in [1.54, 1.807) is 23.3 Å². The molecule has 0 spiro atoms. The van der Waals surface area contributed by atoms with Crippen LogP contribution in [0.1, 0.15) is 0 Å². The first kappa shape index (κ1) is 15.7. The largest absolute Gasteiger partial charge is 0.363 e. The van der Waals surface area contributed by atoms with E-state index in [2.05, 4.69) is 24.6 Å². The summed E-state index contributed by atoms with van der Waals surface area (Å²) in [6.07, 6.45) is 8.99. The van der Waals surface area contributed by atoms with Gasteiger partial charge in [0.1, 0.15) is 35.4 Å². The monoisotopic (exact) mass is 361 g/mol. The molecule has 1 saturated heterocycles. The van der Waals surface area contributed by atoms with Gasteiger partial charge in [-0.05, 0) is 0 Å². The van der Waals surface area contributed by atoms with Crippen LogP contribution in [0.2, 0.25) is 0 Å². The number of hydrogen-bond donors (Lipinski definition) is 0. The minimum Gasteiger partial charge on any atom is -0.363 e. The highest BCUT2D eigenvalue weighted by atomic mass is 32.2. The first-order chi connectivity index (χ1) is 12.1. The molecule has 3 aromatic heterocycles. The second-order valence-corrected chi connectivity index (χ2v) is 7.39. The lowest BCUT2D eigenvalue weighted by Crippen LogP contribution is -2.48. The third-order valence-electron chi connectivity index (χ3n) is 4.02. The third kappa shape index (κ3) is 2.98. The number of imidazole rings is 1. The SMILES string of the molecule is O=S(=O)(c1cnoc1)N1CCN(c2cc(-n3ccnc3)ncn2)CC1. The highest BCUT2D eigenvalue weighted by Crippen LogP contribution is 2.20. The van der Waals surface area contributed by atoms with E-state index >= 15 is 0 Å². The lowest BCUT2D eigenvalue weighted by atomic mass is 10.3. The molecular formula is C14H15N7O3S. The Hall–Kier alpha value is -2.79. The Morgan fingerprint density at radius 1 is 1.08 bits per heavy atom. The van der Waals surface area contributed by atoms with Gasteiger partial charge in [-0.1, -0.05) is 5.16 Å². The van der Waals surface area contributed by atoms with Crippen LogP contribution < -0.4 is 4.90 Å². The van der Waals surface area contributed by atoms with Crippen molar-refractivity contribution >= 4 is 15.8 Å². The molecule has 3 aromatic rings. The van der Waals surface area contributed by atoms with Gasteiger partial charge in [0.25, 0.3) is 0 Å². The zero-order valence-electron chi connectivity index (χ0n) is 13.1. The third-order valence-corrected chi connectivity index (χ3v) is 5.86. The average molecular weight is 361 g/mol. The van der Waals surface area contributed by atoms with Gasteiger partial charge in [-0.3, -0.25) is 4.57 Å². The van der Waals surface area contributed by atoms with Gasteiger partial charge in [-0.2, -0.15) is 4.31 Å². The first-order valence-corrected chi connectivity index (χ1v) is 9.03. The molecule has 0 bridgehead atoms. The van der Waals surface area contributed by atoms with E-state index in [9.17, 15) is 8.42 Å². The van der Waals surface area contributed by atoms with Crippen LogP contribution in [0.4, 0.5) is 5.82 Å². The molecule has 11 heteroatoms. The molecule has 0 aliphatic carbocycles. The summed E-state index contributed by atoms with van der Waals surface area (Å²) in [5.41, 5.74) is 0. The zero-order chi connectivity index (χ0) is 17.3. The molecule has 10 nitrogen and oxygen atoms in total. The van der Waals surface area contributed by atoms with Crippen LogP contribution in [0.25, 0.3) is 5.82 Å². The summed E-state index contributed by atoms with van der Waals surface area (Å²) in [6, 6.07) is 1.85. The van der Waals surface area contributed by atoms with Crippen molar-refractivity contribution in [3.8, 4) is 5.82 Å². The van der Waals surface area contributed by atoms with Crippen LogP contribution in [0.5, 0.6) is 0 Å². The molecule has 130 valence electrons. The predicted octanol–water partition coefficient (Wildman–Crippen LogP) is 0.161. The Kier molecular flexibility index (Phi) is 3.93. The molecule has 4 rings (SSSR count). The second-order valence-electron chi connectivity index (χ2n) is 5.46. The van der Waals surface area contributed by atoms with E-state index in [1.165, 1.54) is 16.8 Å². The molecule has 0 saturated carbocycles. The average Bonchev–Trinajstić information content (AvgIpc) is 3.36. The van der Waals surface area contributed by atoms with Gasteiger partial charge in [0, 0.05) is 44.6 Å². The Morgan fingerprint density at radius 2 is 1.88 bits per heavy atom. The summed E-state index contributed by atoms with van der Waals surface area (Å²) in [6.45, 7) is 1.78. The minimum absolute atomic E-state index is 0.0744. The number of hydrogen-bond acceptors (Lipinski definition) is 8. The normalized spacial score (nSPS) is 16.2. The molecule has 4 heterocycles. The van der Waals surface area contributed by atoms with Crippen molar-refractivity contribution in [2.24, 2.45) is 0 Å². The smallest absolute Gasteiger partial charge is 0.248 e. The van der Waals surface area contributed by atoms with Crippen LogP contribution in [-0.4, -0.2) is 63.6 Å². The van der Waals surface area contributed by atoms with Gasteiger partial charge < -0.3 is 9.42 Å². The van der Waals surface area contributed by atoms with Gasteiger partial charge in [0.2, 0.25) is 10.0 Å². The first-order valence-electron chi connectivity index (χ1n) is 7.59. The Labute approximate surface area is 143 Å². The highest BCUT2D eigenvalue weighted by Gasteiger charge is 2.30. The molecule has 0 N–H and O–H groups in total. The van der Waals surface area contributed by atoms with Gasteiger partial charge in [0.05, 0.1) is 6.20 Å². The predicted molar refractivity (Wildman–Crippen MR) is 86.6 cm³/mol. The van der Waals surface area contributed by atoms with Gasteiger partial charge >= 0.3 is 0 Å². The van der Waals surface area contributed by atoms with Crippen molar-refractivity contribution in [3.63, 3.8) is 0 Å². The number of anilines is 1. The lowest BCUT2D eigenvalue weighted by Gasteiger charge is -2.34. The number of rotatable bonds is 4. The van der Waals surface area contributed by atoms with Crippen molar-refractivity contribution in [1.29, 1.82) is 0 Å². The maximum Gasteiger partial charge on any atom is 0.248 e. The fraction of sp³-hybridized carbons (Fsp3) is 0.286. The van der Waals surface area contributed by atoms with E-state index in [4.69, 9.17) is 0 Å². The second kappa shape index (κ2) is 6.26. The van der Waals surface area contributed by atoms with E-state index in [0.717, 1.165) is 12.1 Å². The van der Waals surface area contributed by atoms with Crippen molar-refractivity contribution < 1.29 is 12.9 Å². The highest BCUT2D eigenvalue weighted by molar-refractivity contribution is 7.89. The Morgan fingerprint density at radius 3 is 2.56 bits per heavy atom. The molecular weight excluding hydrogens is 346 g/mol. The topological polar surface area (TPSA) is 110 Å². The van der Waals surface area contributed by atoms with E-state index < -0.39 is 10.0 Å². The summed E-state index contributed by atoms with van der Waals surface area (Å²) in [7, 11) is -3.56. The Bertz CT molecular complexity index is 933. The summed E-state index contributed by atoms with van der Waals surface area (Å²) < 4.78 is 32.8. The molecule has 1 fully saturated rings. The summed E-state index contributed by atoms with van der Waals surface area (Å²) in [5, 5.41) is 3.46. The fourth-order valence-corrected chi connectivity index (χ4v) is 3.96. The van der Waals surface area contributed by atoms with E-state index in [1.807, 2.05) is 11.0 Å². The van der Waals surface area contributed by atoms with Crippen LogP contribution in [0.3, 0.4) is 0 Å². The van der Waals surface area contributed by atoms with Crippen molar-refractivity contribution in [3.05, 3.63) is 43.6 Å². The molecule has 0 atom stereocenters. The standard InChI is InChI=1S/C14H15N7O3S/c22-25(23,12-8-18-24-9-12)21-5-3-19(4-6-21)13-7-14(17-10-16-13)20-2-1-15-11-20/h1-2,7-11H,3-6H2. The molecule has 1 aliphatic heterocycles. The van der Waals surface area contributed by atoms with Crippen LogP contribution in [0.15, 0.2) is 53.0 Å². The number of sulfonamides is 1. The van der Waals surface area contributed by atoms with Crippen molar-refractivity contribution in [2.45, 2.75) is 4.90 Å². The van der Waals surface area contributed by atoms with E-state index in [-0.39, 0.29) is 4.90 Å². The van der Waals surface area contributed by atoms with Gasteiger partial charge in [-0.25, -0.2) is 23.4 Å². The number of piperazine rings is 1. The maximum atomic E-state index is 12.5. The van der Waals surface area contributed by atoms with Crippen LogP contribution in [0, 0.1) is 0 Å². The molecule has 1 aliphatic rings. The maximum absolute atomic E-state index is 12.5. The van der Waals surface area contributed by atoms with Gasteiger partial charge in [0.15, 0.2) is 0 Å². The van der Waals surface area contributed by atoms with Crippen molar-refractivity contribution in [2.75, 3.05) is 31.1 Å². The molecule has 0 amide bonds. The summed E-state index contributed by atoms with van der Waals surface area (Å²) in [5.74, 6) is 1.46. The molecule has 0 unspecified atom stereocenters. The van der Waals surface area contributed by atoms with Crippen LogP contribution in [-0.2, 0) is 10.0 Å². The van der Waals surface area contributed by atoms with Crippen LogP contribution >= 0.6 is 0 Å². The van der Waals surface area contributed by atoms with Crippen molar-refractivity contribution in [1.82, 2.24) is 29.0 Å². The van der Waals surface area contributed by atoms with E-state index in [0.29, 0.717) is 32.0 Å². The molecule has 0 radical (unpaired) electrons. The summed E-state index contributed by atoms with van der Waals surface area (Å²) in [4.78, 5) is 14.6. The Balaban J connectivity index is 1.48. The zero-order valence-corrected chi connectivity index (χ0v) is 13.9. The molecule has 25 heavy (non-hydrogen) atoms. The minimum atomic E-state index is -3.56. The lowest BCUT2D eigenvalue weighted by molar-refractivity contribution is 0.382. The number of nitrogens with zero attached hydrogens (tertiary/aromatic N) is 7. The number of aromatic nitrogens is 5. The summed E-state index contributed by atoms with van der Waals surface area (Å²) >= 11 is 0. The molecule has 0 aromatic carbocycles.